The summed E-state index contributed by atoms with van der Waals surface area (Å²) < 4.78 is 18.6. The highest BCUT2D eigenvalue weighted by molar-refractivity contribution is 6.35. The van der Waals surface area contributed by atoms with Gasteiger partial charge in [-0.1, -0.05) is 11.6 Å². The summed E-state index contributed by atoms with van der Waals surface area (Å²) in [5, 5.41) is 21.7. The van der Waals surface area contributed by atoms with Crippen LogP contribution in [0.5, 0.6) is 17.2 Å². The van der Waals surface area contributed by atoms with Crippen molar-refractivity contribution in [2.75, 3.05) is 6.54 Å². The van der Waals surface area contributed by atoms with Crippen LogP contribution < -0.4 is 10.1 Å². The SMILES string of the molecule is O=C(O)CNC(=O)c1nc(Cl)c2ccc(Oc3ccc(F)cc3)cc2c1O. The van der Waals surface area contributed by atoms with Crippen LogP contribution in [0.2, 0.25) is 5.15 Å². The minimum atomic E-state index is -1.25. The molecule has 0 aliphatic heterocycles. The van der Waals surface area contributed by atoms with Crippen LogP contribution in [0.25, 0.3) is 10.8 Å². The fraction of sp³-hybridized carbons (Fsp3) is 0.0556. The standard InChI is InChI=1S/C18H12ClFN2O5/c19-17-12-6-5-11(27-10-3-1-9(20)2-4-10)7-13(12)16(25)15(22-17)18(26)21-8-14(23)24/h1-7,25H,8H2,(H,21,26)(H,23,24). The third-order valence-corrected chi connectivity index (χ3v) is 3.86. The smallest absolute Gasteiger partial charge is 0.322 e. The van der Waals surface area contributed by atoms with Crippen molar-refractivity contribution in [1.82, 2.24) is 10.3 Å². The van der Waals surface area contributed by atoms with Gasteiger partial charge in [0, 0.05) is 10.8 Å². The van der Waals surface area contributed by atoms with E-state index in [0.717, 1.165) is 0 Å². The number of carbonyl (C=O) groups excluding carboxylic acids is 1. The normalized spacial score (nSPS) is 10.6. The monoisotopic (exact) mass is 390 g/mol. The van der Waals surface area contributed by atoms with E-state index < -0.39 is 35.7 Å². The number of pyridine rings is 1. The second kappa shape index (κ2) is 7.46. The molecule has 3 rings (SSSR count). The second-order valence-corrected chi connectivity index (χ2v) is 5.80. The molecule has 3 N–H and O–H groups in total. The highest BCUT2D eigenvalue weighted by Gasteiger charge is 2.19. The van der Waals surface area contributed by atoms with Gasteiger partial charge in [0.25, 0.3) is 5.91 Å². The first-order valence-electron chi connectivity index (χ1n) is 7.61. The number of rotatable bonds is 5. The Labute approximate surface area is 157 Å². The van der Waals surface area contributed by atoms with Gasteiger partial charge in [-0.05, 0) is 42.5 Å². The molecule has 0 atom stereocenters. The molecule has 1 aromatic heterocycles. The summed E-state index contributed by atoms with van der Waals surface area (Å²) in [6.07, 6.45) is 0. The number of fused-ring (bicyclic) bond motifs is 1. The molecular formula is C18H12ClFN2O5. The van der Waals surface area contributed by atoms with E-state index in [9.17, 15) is 19.1 Å². The van der Waals surface area contributed by atoms with Crippen LogP contribution in [-0.2, 0) is 4.79 Å². The molecule has 0 spiro atoms. The quantitative estimate of drug-likeness (QED) is 0.576. The number of hydrogen-bond donors (Lipinski definition) is 3. The van der Waals surface area contributed by atoms with Crippen LogP contribution in [0.4, 0.5) is 4.39 Å². The molecule has 0 radical (unpaired) electrons. The van der Waals surface area contributed by atoms with E-state index in [0.29, 0.717) is 16.9 Å². The molecule has 0 unspecified atom stereocenters. The van der Waals surface area contributed by atoms with Crippen molar-refractivity contribution in [3.63, 3.8) is 0 Å². The molecule has 0 fully saturated rings. The second-order valence-electron chi connectivity index (χ2n) is 5.44. The summed E-state index contributed by atoms with van der Waals surface area (Å²) in [5.41, 5.74) is -0.410. The van der Waals surface area contributed by atoms with Gasteiger partial charge in [-0.15, -0.1) is 0 Å². The molecule has 0 saturated heterocycles. The number of aromatic hydroxyl groups is 1. The van der Waals surface area contributed by atoms with Gasteiger partial charge in [-0.2, -0.15) is 0 Å². The molecule has 0 aliphatic rings. The van der Waals surface area contributed by atoms with Gasteiger partial charge >= 0.3 is 5.97 Å². The third kappa shape index (κ3) is 4.06. The van der Waals surface area contributed by atoms with Crippen molar-refractivity contribution in [3.8, 4) is 17.2 Å². The van der Waals surface area contributed by atoms with Gasteiger partial charge in [0.05, 0.1) is 0 Å². The Morgan fingerprint density at radius 3 is 2.44 bits per heavy atom. The lowest BCUT2D eigenvalue weighted by Gasteiger charge is -2.11. The first kappa shape index (κ1) is 18.4. The van der Waals surface area contributed by atoms with Crippen molar-refractivity contribution >= 4 is 34.2 Å². The van der Waals surface area contributed by atoms with Crippen molar-refractivity contribution in [1.29, 1.82) is 0 Å². The molecule has 0 saturated carbocycles. The van der Waals surface area contributed by atoms with E-state index in [1.165, 1.54) is 30.3 Å². The Kier molecular flexibility index (Phi) is 5.09. The van der Waals surface area contributed by atoms with Crippen LogP contribution in [0.3, 0.4) is 0 Å². The topological polar surface area (TPSA) is 109 Å². The van der Waals surface area contributed by atoms with Gasteiger partial charge in [-0.3, -0.25) is 9.59 Å². The van der Waals surface area contributed by atoms with E-state index >= 15 is 0 Å². The number of benzene rings is 2. The average molecular weight is 391 g/mol. The molecule has 1 amide bonds. The molecule has 0 aliphatic carbocycles. The highest BCUT2D eigenvalue weighted by Crippen LogP contribution is 2.35. The number of aliphatic carboxylic acids is 1. The third-order valence-electron chi connectivity index (χ3n) is 3.57. The van der Waals surface area contributed by atoms with Gasteiger partial charge in [0.15, 0.2) is 11.4 Å². The number of carbonyl (C=O) groups is 2. The number of carboxylic acid groups (broad SMARTS) is 1. The van der Waals surface area contributed by atoms with E-state index in [-0.39, 0.29) is 10.5 Å². The van der Waals surface area contributed by atoms with E-state index in [1.807, 2.05) is 0 Å². The van der Waals surface area contributed by atoms with Gasteiger partial charge in [-0.25, -0.2) is 9.37 Å². The molecule has 138 valence electrons. The van der Waals surface area contributed by atoms with Gasteiger partial charge < -0.3 is 20.3 Å². The number of nitrogens with one attached hydrogen (secondary N) is 1. The van der Waals surface area contributed by atoms with Crippen molar-refractivity contribution in [3.05, 3.63) is 59.1 Å². The zero-order chi connectivity index (χ0) is 19.6. The Balaban J connectivity index is 1.98. The van der Waals surface area contributed by atoms with Crippen LogP contribution in [0, 0.1) is 5.82 Å². The van der Waals surface area contributed by atoms with Crippen LogP contribution in [-0.4, -0.2) is 33.6 Å². The van der Waals surface area contributed by atoms with Crippen molar-refractivity contribution in [2.45, 2.75) is 0 Å². The zero-order valence-electron chi connectivity index (χ0n) is 13.6. The molecule has 27 heavy (non-hydrogen) atoms. The molecule has 2 aromatic carbocycles. The number of hydrogen-bond acceptors (Lipinski definition) is 5. The number of halogens is 2. The Morgan fingerprint density at radius 2 is 1.78 bits per heavy atom. The van der Waals surface area contributed by atoms with E-state index in [1.54, 1.807) is 12.1 Å². The largest absolute Gasteiger partial charge is 0.505 e. The van der Waals surface area contributed by atoms with E-state index in [2.05, 4.69) is 10.3 Å². The van der Waals surface area contributed by atoms with Crippen molar-refractivity contribution in [2.24, 2.45) is 0 Å². The maximum atomic E-state index is 13.0. The molecule has 0 bridgehead atoms. The molecular weight excluding hydrogens is 379 g/mol. The number of amides is 1. The predicted molar refractivity (Wildman–Crippen MR) is 94.9 cm³/mol. The maximum Gasteiger partial charge on any atom is 0.322 e. The Bertz CT molecular complexity index is 1040. The first-order chi connectivity index (χ1) is 12.8. The average Bonchev–Trinajstić information content (AvgIpc) is 2.64. The van der Waals surface area contributed by atoms with Gasteiger partial charge in [0.1, 0.15) is 29.0 Å². The van der Waals surface area contributed by atoms with Crippen molar-refractivity contribution < 1.29 is 28.9 Å². The summed E-state index contributed by atoms with van der Waals surface area (Å²) in [7, 11) is 0. The number of carboxylic acids is 1. The van der Waals surface area contributed by atoms with Crippen LogP contribution in [0.15, 0.2) is 42.5 Å². The summed E-state index contributed by atoms with van der Waals surface area (Å²) in [6, 6.07) is 9.90. The molecule has 3 aromatic rings. The van der Waals surface area contributed by atoms with E-state index in [4.69, 9.17) is 21.4 Å². The zero-order valence-corrected chi connectivity index (χ0v) is 14.3. The summed E-state index contributed by atoms with van der Waals surface area (Å²) in [5.74, 6) is -2.33. The summed E-state index contributed by atoms with van der Waals surface area (Å²) >= 11 is 6.07. The lowest BCUT2D eigenvalue weighted by Crippen LogP contribution is -2.30. The minimum Gasteiger partial charge on any atom is -0.505 e. The molecule has 9 heteroatoms. The summed E-state index contributed by atoms with van der Waals surface area (Å²) in [4.78, 5) is 26.5. The highest BCUT2D eigenvalue weighted by atomic mass is 35.5. The lowest BCUT2D eigenvalue weighted by molar-refractivity contribution is -0.135. The number of aromatic nitrogens is 1. The molecule has 7 nitrogen and oxygen atoms in total. The summed E-state index contributed by atoms with van der Waals surface area (Å²) in [6.45, 7) is -0.636. The fourth-order valence-corrected chi connectivity index (χ4v) is 2.59. The lowest BCUT2D eigenvalue weighted by atomic mass is 10.1. The van der Waals surface area contributed by atoms with Gasteiger partial charge in [0.2, 0.25) is 0 Å². The first-order valence-corrected chi connectivity index (χ1v) is 7.98. The van der Waals surface area contributed by atoms with Crippen LogP contribution >= 0.6 is 11.6 Å². The number of nitrogens with zero attached hydrogens (tertiary/aromatic N) is 1. The Hall–Kier alpha value is -3.39. The minimum absolute atomic E-state index is 0.0448. The number of ether oxygens (including phenoxy) is 1. The predicted octanol–water partition coefficient (Wildman–Crippen LogP) is 3.34. The van der Waals surface area contributed by atoms with Crippen LogP contribution in [0.1, 0.15) is 10.5 Å². The molecule has 1 heterocycles. The maximum absolute atomic E-state index is 13.0. The Morgan fingerprint density at radius 1 is 1.11 bits per heavy atom. The fourth-order valence-electron chi connectivity index (χ4n) is 2.34.